The van der Waals surface area contributed by atoms with Crippen molar-refractivity contribution in [1.29, 1.82) is 0 Å². The number of aryl methyl sites for hydroxylation is 1. The molecule has 6 heteroatoms. The Kier molecular flexibility index (Phi) is 7.18. The second-order valence-corrected chi connectivity index (χ2v) is 7.95. The summed E-state index contributed by atoms with van der Waals surface area (Å²) < 4.78 is 5.40. The summed E-state index contributed by atoms with van der Waals surface area (Å²) in [5, 5.41) is 6.87. The predicted octanol–water partition coefficient (Wildman–Crippen LogP) is 2.50. The van der Waals surface area contributed by atoms with Gasteiger partial charge in [-0.1, -0.05) is 25.0 Å². The number of benzene rings is 1. The van der Waals surface area contributed by atoms with Gasteiger partial charge in [-0.2, -0.15) is 0 Å². The van der Waals surface area contributed by atoms with E-state index in [1.54, 1.807) is 14.2 Å². The highest BCUT2D eigenvalue weighted by molar-refractivity contribution is 5.81. The lowest BCUT2D eigenvalue weighted by Gasteiger charge is -2.21. The Balaban J connectivity index is 1.43. The predicted molar refractivity (Wildman–Crippen MR) is 113 cm³/mol. The van der Waals surface area contributed by atoms with Gasteiger partial charge in [0.05, 0.1) is 7.11 Å². The molecule has 1 aliphatic heterocycles. The van der Waals surface area contributed by atoms with Crippen LogP contribution in [-0.4, -0.2) is 56.6 Å². The van der Waals surface area contributed by atoms with Gasteiger partial charge >= 0.3 is 0 Å². The molecule has 1 aromatic carbocycles. The summed E-state index contributed by atoms with van der Waals surface area (Å²) >= 11 is 0. The maximum Gasteiger partial charge on any atom is 0.225 e. The number of nitrogens with one attached hydrogen (secondary N) is 2. The van der Waals surface area contributed by atoms with Crippen molar-refractivity contribution in [2.24, 2.45) is 10.9 Å². The molecule has 0 aromatic heterocycles. The summed E-state index contributed by atoms with van der Waals surface area (Å²) in [6.45, 7) is 4.48. The van der Waals surface area contributed by atoms with E-state index in [1.165, 1.54) is 18.4 Å². The third-order valence-corrected chi connectivity index (χ3v) is 5.95. The molecule has 1 saturated carbocycles. The van der Waals surface area contributed by atoms with Crippen molar-refractivity contribution in [2.45, 2.75) is 51.5 Å². The van der Waals surface area contributed by atoms with Gasteiger partial charge in [-0.3, -0.25) is 9.79 Å². The highest BCUT2D eigenvalue weighted by Gasteiger charge is 2.32. The summed E-state index contributed by atoms with van der Waals surface area (Å²) in [4.78, 5) is 19.0. The molecule has 1 amide bonds. The minimum absolute atomic E-state index is 0.266. The van der Waals surface area contributed by atoms with Gasteiger partial charge in [-0.15, -0.1) is 0 Å². The zero-order valence-electron chi connectivity index (χ0n) is 17.5. The third kappa shape index (κ3) is 5.18. The van der Waals surface area contributed by atoms with Gasteiger partial charge in [0.15, 0.2) is 5.96 Å². The van der Waals surface area contributed by atoms with E-state index >= 15 is 0 Å². The number of hydrogen-bond donors (Lipinski definition) is 2. The minimum atomic E-state index is 0.266. The molecular weight excluding hydrogens is 352 g/mol. The van der Waals surface area contributed by atoms with Crippen LogP contribution in [0.5, 0.6) is 5.75 Å². The van der Waals surface area contributed by atoms with Crippen LogP contribution in [0.3, 0.4) is 0 Å². The Bertz CT molecular complexity index is 698. The van der Waals surface area contributed by atoms with Crippen molar-refractivity contribution in [3.05, 3.63) is 29.3 Å². The molecular formula is C22H34N4O2. The Labute approximate surface area is 168 Å². The average molecular weight is 387 g/mol. The lowest BCUT2D eigenvalue weighted by atomic mass is 10.1. The lowest BCUT2D eigenvalue weighted by molar-refractivity contribution is -0.134. The number of amides is 1. The molecule has 1 unspecified atom stereocenters. The molecule has 3 rings (SSSR count). The molecule has 1 saturated heterocycles. The molecule has 154 valence electrons. The average Bonchev–Trinajstić information content (AvgIpc) is 3.40. The zero-order chi connectivity index (χ0) is 19.9. The largest absolute Gasteiger partial charge is 0.496 e. The first-order valence-corrected chi connectivity index (χ1v) is 10.5. The molecule has 1 atom stereocenters. The third-order valence-electron chi connectivity index (χ3n) is 5.95. The standard InChI is InChI=1S/C22H34N4O2/c1-16-8-9-17(14-20(16)28-3)10-12-24-22(23-2)25-19-11-13-26(15-19)21(27)18-6-4-5-7-18/h8-9,14,18-19H,4-7,10-13,15H2,1-3H3,(H2,23,24,25). The molecule has 0 spiro atoms. The second-order valence-electron chi connectivity index (χ2n) is 7.95. The first-order chi connectivity index (χ1) is 13.6. The Morgan fingerprint density at radius 2 is 2.07 bits per heavy atom. The van der Waals surface area contributed by atoms with E-state index in [1.807, 2.05) is 4.90 Å². The van der Waals surface area contributed by atoms with Crippen molar-refractivity contribution in [3.8, 4) is 5.75 Å². The van der Waals surface area contributed by atoms with Crippen molar-refractivity contribution in [2.75, 3.05) is 33.8 Å². The highest BCUT2D eigenvalue weighted by atomic mass is 16.5. The van der Waals surface area contributed by atoms with Crippen LogP contribution in [0.4, 0.5) is 0 Å². The fraction of sp³-hybridized carbons (Fsp3) is 0.636. The van der Waals surface area contributed by atoms with Crippen molar-refractivity contribution in [1.82, 2.24) is 15.5 Å². The monoisotopic (exact) mass is 386 g/mol. The van der Waals surface area contributed by atoms with Crippen LogP contribution in [0, 0.1) is 12.8 Å². The van der Waals surface area contributed by atoms with E-state index in [9.17, 15) is 4.79 Å². The van der Waals surface area contributed by atoms with Gasteiger partial charge in [0.25, 0.3) is 0 Å². The van der Waals surface area contributed by atoms with Crippen molar-refractivity contribution >= 4 is 11.9 Å². The van der Waals surface area contributed by atoms with Crippen molar-refractivity contribution < 1.29 is 9.53 Å². The fourth-order valence-corrected chi connectivity index (χ4v) is 4.24. The Morgan fingerprint density at radius 3 is 2.79 bits per heavy atom. The summed E-state index contributed by atoms with van der Waals surface area (Å²) in [5.74, 6) is 2.36. The number of likely N-dealkylation sites (tertiary alicyclic amines) is 1. The molecule has 1 aliphatic carbocycles. The molecule has 6 nitrogen and oxygen atoms in total. The molecule has 1 heterocycles. The smallest absolute Gasteiger partial charge is 0.225 e. The van der Waals surface area contributed by atoms with Crippen LogP contribution in [-0.2, 0) is 11.2 Å². The molecule has 0 bridgehead atoms. The van der Waals surface area contributed by atoms with Crippen LogP contribution >= 0.6 is 0 Å². The number of carbonyl (C=O) groups is 1. The SMILES string of the molecule is CN=C(NCCc1ccc(C)c(OC)c1)NC1CCN(C(=O)C2CCCC2)C1. The number of nitrogens with zero attached hydrogens (tertiary/aromatic N) is 2. The maximum atomic E-state index is 12.6. The van der Waals surface area contributed by atoms with Crippen LogP contribution in [0.25, 0.3) is 0 Å². The number of ether oxygens (including phenoxy) is 1. The number of aliphatic imine (C=N–C) groups is 1. The lowest BCUT2D eigenvalue weighted by Crippen LogP contribution is -2.45. The van der Waals surface area contributed by atoms with Crippen molar-refractivity contribution in [3.63, 3.8) is 0 Å². The van der Waals surface area contributed by atoms with Crippen LogP contribution in [0.1, 0.15) is 43.2 Å². The molecule has 1 aromatic rings. The van der Waals surface area contributed by atoms with Gasteiger partial charge in [-0.05, 0) is 49.8 Å². The molecule has 0 radical (unpaired) electrons. The number of carbonyl (C=O) groups excluding carboxylic acids is 1. The Hall–Kier alpha value is -2.24. The first kappa shape index (κ1) is 20.5. The molecule has 2 fully saturated rings. The molecule has 28 heavy (non-hydrogen) atoms. The highest BCUT2D eigenvalue weighted by Crippen LogP contribution is 2.27. The summed E-state index contributed by atoms with van der Waals surface area (Å²) in [5.41, 5.74) is 2.38. The number of guanidine groups is 1. The van der Waals surface area contributed by atoms with Gasteiger partial charge < -0.3 is 20.3 Å². The van der Waals surface area contributed by atoms with Crippen LogP contribution < -0.4 is 15.4 Å². The number of methoxy groups -OCH3 is 1. The van der Waals surface area contributed by atoms with Gasteiger partial charge in [0.1, 0.15) is 5.75 Å². The van der Waals surface area contributed by atoms with E-state index < -0.39 is 0 Å². The van der Waals surface area contributed by atoms with Crippen LogP contribution in [0.15, 0.2) is 23.2 Å². The van der Waals surface area contributed by atoms with E-state index in [0.29, 0.717) is 5.91 Å². The quantitative estimate of drug-likeness (QED) is 0.582. The summed E-state index contributed by atoms with van der Waals surface area (Å²) in [7, 11) is 3.50. The summed E-state index contributed by atoms with van der Waals surface area (Å²) in [6.07, 6.45) is 6.42. The van der Waals surface area contributed by atoms with Gasteiger partial charge in [0, 0.05) is 38.6 Å². The van der Waals surface area contributed by atoms with Crippen LogP contribution in [0.2, 0.25) is 0 Å². The molecule has 2 N–H and O–H groups in total. The second kappa shape index (κ2) is 9.80. The first-order valence-electron chi connectivity index (χ1n) is 10.5. The topological polar surface area (TPSA) is 66.0 Å². The summed E-state index contributed by atoms with van der Waals surface area (Å²) in [6, 6.07) is 6.60. The van der Waals surface area contributed by atoms with E-state index in [2.05, 4.69) is 40.7 Å². The maximum absolute atomic E-state index is 12.6. The number of rotatable bonds is 6. The fourth-order valence-electron chi connectivity index (χ4n) is 4.24. The molecule has 2 aliphatic rings. The van der Waals surface area contributed by atoms with Gasteiger partial charge in [0.2, 0.25) is 5.91 Å². The van der Waals surface area contributed by atoms with E-state index in [-0.39, 0.29) is 12.0 Å². The Morgan fingerprint density at radius 1 is 1.29 bits per heavy atom. The minimum Gasteiger partial charge on any atom is -0.496 e. The van der Waals surface area contributed by atoms with E-state index in [0.717, 1.165) is 62.6 Å². The van der Waals surface area contributed by atoms with E-state index in [4.69, 9.17) is 4.74 Å². The van der Waals surface area contributed by atoms with Gasteiger partial charge in [-0.25, -0.2) is 0 Å². The zero-order valence-corrected chi connectivity index (χ0v) is 17.5. The normalized spacial score (nSPS) is 20.5. The number of hydrogen-bond acceptors (Lipinski definition) is 3.